The third kappa shape index (κ3) is 8.29. The van der Waals surface area contributed by atoms with Crippen LogP contribution < -0.4 is 16.1 Å². The lowest BCUT2D eigenvalue weighted by Crippen LogP contribution is -2.41. The zero-order valence-corrected chi connectivity index (χ0v) is 23.9. The lowest BCUT2D eigenvalue weighted by molar-refractivity contribution is -0.121. The molecule has 0 fully saturated rings. The van der Waals surface area contributed by atoms with Crippen molar-refractivity contribution in [3.63, 3.8) is 0 Å². The number of likely N-dealkylation sites (N-methyl/N-ethyl adjacent to an activating group) is 1. The number of amides is 2. The maximum atomic E-state index is 13.5. The molecule has 10 heteroatoms. The number of amidine groups is 2. The van der Waals surface area contributed by atoms with Crippen LogP contribution in [-0.4, -0.2) is 54.2 Å². The lowest BCUT2D eigenvalue weighted by atomic mass is 9.95. The molecule has 0 spiro atoms. The fourth-order valence-corrected chi connectivity index (χ4v) is 3.93. The number of halogens is 1. The Morgan fingerprint density at radius 2 is 1.97 bits per heavy atom. The summed E-state index contributed by atoms with van der Waals surface area (Å²) < 4.78 is 0. The first-order chi connectivity index (χ1) is 18.2. The zero-order valence-electron chi connectivity index (χ0n) is 23.2. The summed E-state index contributed by atoms with van der Waals surface area (Å²) in [4.78, 5) is 40.2. The maximum absolute atomic E-state index is 13.5. The van der Waals surface area contributed by atoms with Crippen molar-refractivity contribution in [1.82, 2.24) is 21.0 Å². The van der Waals surface area contributed by atoms with E-state index in [2.05, 4.69) is 46.5 Å². The number of carbonyl (C=O) groups excluding carboxylic acids is 2. The van der Waals surface area contributed by atoms with Crippen LogP contribution >= 0.6 is 11.6 Å². The first kappa shape index (κ1) is 30.8. The minimum Gasteiger partial charge on any atom is -0.370 e. The van der Waals surface area contributed by atoms with Gasteiger partial charge in [0.25, 0.3) is 5.91 Å². The van der Waals surface area contributed by atoms with Crippen LogP contribution in [0.25, 0.3) is 5.57 Å². The minimum absolute atomic E-state index is 0.0639. The number of benzene rings is 1. The molecule has 0 saturated carbocycles. The van der Waals surface area contributed by atoms with E-state index in [9.17, 15) is 9.59 Å². The van der Waals surface area contributed by atoms with E-state index >= 15 is 0 Å². The average molecular weight is 543 g/mol. The molecule has 3 rings (SSSR count). The Labute approximate surface area is 230 Å². The monoisotopic (exact) mass is 542 g/mol. The predicted molar refractivity (Wildman–Crippen MR) is 155 cm³/mol. The number of carbonyl (C=O) groups is 2. The van der Waals surface area contributed by atoms with Crippen molar-refractivity contribution in [3.05, 3.63) is 64.5 Å². The van der Waals surface area contributed by atoms with E-state index in [1.54, 1.807) is 17.0 Å². The van der Waals surface area contributed by atoms with Gasteiger partial charge in [-0.25, -0.2) is 20.3 Å². The van der Waals surface area contributed by atoms with E-state index in [0.29, 0.717) is 53.3 Å². The second kappa shape index (κ2) is 15.1. The van der Waals surface area contributed by atoms with Crippen LogP contribution in [0.1, 0.15) is 65.5 Å². The van der Waals surface area contributed by atoms with Gasteiger partial charge in [-0.15, -0.1) is 0 Å². The maximum Gasteiger partial charge on any atom is 0.260 e. The van der Waals surface area contributed by atoms with E-state index < -0.39 is 0 Å². The van der Waals surface area contributed by atoms with Crippen LogP contribution in [0.2, 0.25) is 5.02 Å². The molecule has 3 N–H and O–H groups in total. The number of nitrogens with one attached hydrogen (secondary N) is 3. The number of hydrogen-bond acceptors (Lipinski definition) is 7. The van der Waals surface area contributed by atoms with Crippen molar-refractivity contribution in [2.75, 3.05) is 19.6 Å². The van der Waals surface area contributed by atoms with Crippen LogP contribution in [0.15, 0.2) is 58.3 Å². The standard InChI is InChI=1S/C25H31ClN6O3.C3H8/c1-6-18-13-21(20-10-9-19(14-22(20)26)23-30-17(5)35-31-23)25(34)32(7-2)24(18)29-15(3)27-11-8-12-28-16(4)33;1-3-2/h6,9-10,13-14,17,27H,3,7-8,11-12H2,1-2,4-5H3,(H,28,33)(H,30,31);3H2,1-2H3/b18-6-,29-24+;. The quantitative estimate of drug-likeness (QED) is 0.396. The van der Waals surface area contributed by atoms with Gasteiger partial charge in [-0.1, -0.05) is 56.7 Å². The van der Waals surface area contributed by atoms with Crippen LogP contribution in [0.3, 0.4) is 0 Å². The summed E-state index contributed by atoms with van der Waals surface area (Å²) >= 11 is 6.61. The molecular weight excluding hydrogens is 504 g/mol. The SMILES string of the molecule is C=C(/N=C1\C(=C/C)C=C(c2ccc(C3=NC(C)ON3)cc2Cl)C(=O)N1CC)NCCCNC(C)=O.CCC. The topological polar surface area (TPSA) is 107 Å². The Morgan fingerprint density at radius 1 is 1.29 bits per heavy atom. The summed E-state index contributed by atoms with van der Waals surface area (Å²) in [6.45, 7) is 16.9. The normalized spacial score (nSPS) is 18.9. The van der Waals surface area contributed by atoms with Gasteiger partial charge >= 0.3 is 0 Å². The first-order valence-corrected chi connectivity index (χ1v) is 13.3. The van der Waals surface area contributed by atoms with Gasteiger partial charge in [0.1, 0.15) is 11.7 Å². The van der Waals surface area contributed by atoms with Crippen molar-refractivity contribution < 1.29 is 14.4 Å². The Kier molecular flexibility index (Phi) is 12.2. The fourth-order valence-electron chi connectivity index (χ4n) is 3.65. The van der Waals surface area contributed by atoms with E-state index in [1.165, 1.54) is 13.3 Å². The molecule has 0 aliphatic carbocycles. The molecule has 2 aliphatic rings. The molecule has 1 aromatic rings. The highest BCUT2D eigenvalue weighted by Crippen LogP contribution is 2.32. The van der Waals surface area contributed by atoms with E-state index in [-0.39, 0.29) is 18.0 Å². The van der Waals surface area contributed by atoms with Gasteiger partial charge in [-0.2, -0.15) is 0 Å². The number of allylic oxidation sites excluding steroid dienone is 1. The van der Waals surface area contributed by atoms with Crippen molar-refractivity contribution >= 4 is 40.7 Å². The summed E-state index contributed by atoms with van der Waals surface area (Å²) in [6.07, 6.45) is 5.40. The Bertz CT molecular complexity index is 1160. The number of aliphatic imine (C=N–C) groups is 2. The molecule has 0 saturated heterocycles. The van der Waals surface area contributed by atoms with Crippen molar-refractivity contribution in [1.29, 1.82) is 0 Å². The molecule has 0 bridgehead atoms. The second-order valence-corrected chi connectivity index (χ2v) is 9.10. The summed E-state index contributed by atoms with van der Waals surface area (Å²) in [5, 5.41) is 6.31. The minimum atomic E-state index is -0.277. The summed E-state index contributed by atoms with van der Waals surface area (Å²) in [5.74, 6) is 1.29. The van der Waals surface area contributed by atoms with Gasteiger partial charge in [-0.05, 0) is 39.3 Å². The van der Waals surface area contributed by atoms with Crippen LogP contribution in [0.4, 0.5) is 0 Å². The Balaban J connectivity index is 0.00000161. The number of nitrogens with zero attached hydrogens (tertiary/aromatic N) is 3. The first-order valence-electron chi connectivity index (χ1n) is 12.9. The highest BCUT2D eigenvalue weighted by Gasteiger charge is 2.31. The predicted octanol–water partition coefficient (Wildman–Crippen LogP) is 4.56. The molecule has 206 valence electrons. The molecule has 0 radical (unpaired) electrons. The second-order valence-electron chi connectivity index (χ2n) is 8.70. The zero-order chi connectivity index (χ0) is 28.2. The third-order valence-corrected chi connectivity index (χ3v) is 5.70. The highest BCUT2D eigenvalue weighted by molar-refractivity contribution is 6.37. The number of rotatable bonds is 9. The van der Waals surface area contributed by atoms with Gasteiger partial charge in [0.05, 0.1) is 0 Å². The molecule has 0 aromatic heterocycles. The van der Waals surface area contributed by atoms with Gasteiger partial charge < -0.3 is 10.6 Å². The number of hydrogen-bond donors (Lipinski definition) is 3. The van der Waals surface area contributed by atoms with Crippen LogP contribution in [0.5, 0.6) is 0 Å². The van der Waals surface area contributed by atoms with Gasteiger partial charge in [0, 0.05) is 53.9 Å². The van der Waals surface area contributed by atoms with Gasteiger partial charge in [0.2, 0.25) is 5.91 Å². The molecule has 38 heavy (non-hydrogen) atoms. The number of hydroxylamine groups is 1. The van der Waals surface area contributed by atoms with E-state index in [0.717, 1.165) is 17.6 Å². The molecular formula is C28H39ClN6O3. The van der Waals surface area contributed by atoms with E-state index in [1.807, 2.05) is 39.0 Å². The highest BCUT2D eigenvalue weighted by atomic mass is 35.5. The molecule has 2 heterocycles. The largest absolute Gasteiger partial charge is 0.370 e. The van der Waals surface area contributed by atoms with Crippen molar-refractivity contribution in [2.24, 2.45) is 9.98 Å². The molecule has 9 nitrogen and oxygen atoms in total. The summed E-state index contributed by atoms with van der Waals surface area (Å²) in [7, 11) is 0. The molecule has 2 aliphatic heterocycles. The fraction of sp³-hybridized carbons (Fsp3) is 0.429. The molecule has 1 atom stereocenters. The van der Waals surface area contributed by atoms with Gasteiger partial charge in [0.15, 0.2) is 12.1 Å². The third-order valence-electron chi connectivity index (χ3n) is 5.38. The average Bonchev–Trinajstić information content (AvgIpc) is 3.31. The molecule has 1 aromatic carbocycles. The molecule has 1 unspecified atom stereocenters. The Morgan fingerprint density at radius 3 is 2.53 bits per heavy atom. The van der Waals surface area contributed by atoms with Crippen LogP contribution in [-0.2, 0) is 14.4 Å². The van der Waals surface area contributed by atoms with Gasteiger partial charge in [-0.3, -0.25) is 14.5 Å². The molecule has 2 amide bonds. The van der Waals surface area contributed by atoms with Crippen molar-refractivity contribution in [3.8, 4) is 0 Å². The van der Waals surface area contributed by atoms with Crippen LogP contribution in [0, 0.1) is 0 Å². The van der Waals surface area contributed by atoms with Crippen molar-refractivity contribution in [2.45, 2.75) is 60.6 Å². The smallest absolute Gasteiger partial charge is 0.260 e. The Hall–Kier alpha value is -3.43. The summed E-state index contributed by atoms with van der Waals surface area (Å²) in [5.41, 5.74) is 5.45. The summed E-state index contributed by atoms with van der Waals surface area (Å²) in [6, 6.07) is 5.43. The van der Waals surface area contributed by atoms with E-state index in [4.69, 9.17) is 16.4 Å². The lowest BCUT2D eigenvalue weighted by Gasteiger charge is -2.30.